The van der Waals surface area contributed by atoms with Crippen LogP contribution in [-0.2, 0) is 23.1 Å². The Hall–Kier alpha value is -1.44. The summed E-state index contributed by atoms with van der Waals surface area (Å²) in [6, 6.07) is 0.293. The molecule has 3 rings (SSSR count). The fraction of sp³-hybridized carbons (Fsp3) is 0.750. The lowest BCUT2D eigenvalue weighted by atomic mass is 10.1. The number of amides is 1. The number of aromatic nitrogens is 2. The number of nitrogens with zero attached hydrogens (tertiary/aromatic N) is 4. The van der Waals surface area contributed by atoms with E-state index in [4.69, 9.17) is 4.74 Å². The van der Waals surface area contributed by atoms with Crippen LogP contribution in [0, 0.1) is 0 Å². The Kier molecular flexibility index (Phi) is 5.64. The van der Waals surface area contributed by atoms with E-state index >= 15 is 0 Å². The summed E-state index contributed by atoms with van der Waals surface area (Å²) in [7, 11) is 2.03. The standard InChI is InChI=1S/C16H27N5O2/c1-19-5-4-17-15(19)12-20-6-8-21(9-7-20)13-16(22)18-14-2-10-23-11-3-14/h4-5,14H,2-3,6-13H2,1H3,(H,18,22). The van der Waals surface area contributed by atoms with Gasteiger partial charge >= 0.3 is 0 Å². The highest BCUT2D eigenvalue weighted by molar-refractivity contribution is 5.78. The summed E-state index contributed by atoms with van der Waals surface area (Å²) < 4.78 is 7.38. The summed E-state index contributed by atoms with van der Waals surface area (Å²) in [6.45, 7) is 6.75. The number of rotatable bonds is 5. The van der Waals surface area contributed by atoms with Crippen molar-refractivity contribution in [3.05, 3.63) is 18.2 Å². The van der Waals surface area contributed by atoms with Gasteiger partial charge in [-0.1, -0.05) is 0 Å². The van der Waals surface area contributed by atoms with E-state index in [2.05, 4.69) is 24.7 Å². The second-order valence-electron chi connectivity index (χ2n) is 6.46. The molecule has 3 heterocycles. The maximum Gasteiger partial charge on any atom is 0.234 e. The van der Waals surface area contributed by atoms with E-state index in [1.165, 1.54) is 0 Å². The number of piperazine rings is 1. The summed E-state index contributed by atoms with van der Waals surface area (Å²) >= 11 is 0. The Bertz CT molecular complexity index is 504. The van der Waals surface area contributed by atoms with E-state index in [0.29, 0.717) is 12.6 Å². The van der Waals surface area contributed by atoms with Crippen molar-refractivity contribution in [3.8, 4) is 0 Å². The summed E-state index contributed by atoms with van der Waals surface area (Å²) in [4.78, 5) is 21.2. The molecule has 1 amide bonds. The number of ether oxygens (including phenoxy) is 1. The van der Waals surface area contributed by atoms with E-state index in [9.17, 15) is 4.79 Å². The van der Waals surface area contributed by atoms with Gasteiger partial charge in [-0.05, 0) is 12.8 Å². The zero-order valence-electron chi connectivity index (χ0n) is 13.9. The highest BCUT2D eigenvalue weighted by atomic mass is 16.5. The van der Waals surface area contributed by atoms with Crippen LogP contribution in [0.4, 0.5) is 0 Å². The first-order valence-electron chi connectivity index (χ1n) is 8.49. The third kappa shape index (κ3) is 4.76. The molecule has 128 valence electrons. The number of hydrogen-bond acceptors (Lipinski definition) is 5. The molecule has 7 heteroatoms. The molecule has 0 atom stereocenters. The molecule has 0 bridgehead atoms. The summed E-state index contributed by atoms with van der Waals surface area (Å²) in [5, 5.41) is 3.13. The van der Waals surface area contributed by atoms with Crippen molar-refractivity contribution in [2.24, 2.45) is 7.05 Å². The van der Waals surface area contributed by atoms with Crippen LogP contribution in [0.5, 0.6) is 0 Å². The minimum Gasteiger partial charge on any atom is -0.381 e. The average Bonchev–Trinajstić information content (AvgIpc) is 2.95. The van der Waals surface area contributed by atoms with Gasteiger partial charge in [0, 0.05) is 64.9 Å². The monoisotopic (exact) mass is 321 g/mol. The summed E-state index contributed by atoms with van der Waals surface area (Å²) in [5.41, 5.74) is 0. The van der Waals surface area contributed by atoms with Crippen molar-refractivity contribution in [3.63, 3.8) is 0 Å². The molecule has 0 aliphatic carbocycles. The van der Waals surface area contributed by atoms with Gasteiger partial charge in [-0.3, -0.25) is 14.6 Å². The van der Waals surface area contributed by atoms with Crippen molar-refractivity contribution < 1.29 is 9.53 Å². The van der Waals surface area contributed by atoms with E-state index in [1.807, 2.05) is 19.4 Å². The molecule has 1 N–H and O–H groups in total. The normalized spacial score (nSPS) is 21.4. The molecule has 0 radical (unpaired) electrons. The smallest absolute Gasteiger partial charge is 0.234 e. The number of hydrogen-bond donors (Lipinski definition) is 1. The van der Waals surface area contributed by atoms with E-state index < -0.39 is 0 Å². The average molecular weight is 321 g/mol. The van der Waals surface area contributed by atoms with Crippen LogP contribution >= 0.6 is 0 Å². The van der Waals surface area contributed by atoms with Crippen LogP contribution < -0.4 is 5.32 Å². The van der Waals surface area contributed by atoms with Crippen LogP contribution in [0.3, 0.4) is 0 Å². The minimum atomic E-state index is 0.148. The van der Waals surface area contributed by atoms with E-state index in [-0.39, 0.29) is 5.91 Å². The number of imidazole rings is 1. The van der Waals surface area contributed by atoms with Crippen molar-refractivity contribution >= 4 is 5.91 Å². The number of nitrogens with one attached hydrogen (secondary N) is 1. The lowest BCUT2D eigenvalue weighted by molar-refractivity contribution is -0.124. The molecule has 1 aromatic rings. The predicted octanol–water partition coefficient (Wildman–Crippen LogP) is -0.167. The molecule has 2 saturated heterocycles. The topological polar surface area (TPSA) is 62.6 Å². The maximum atomic E-state index is 12.1. The number of carbonyl (C=O) groups excluding carboxylic acids is 1. The molecule has 0 saturated carbocycles. The second kappa shape index (κ2) is 7.90. The van der Waals surface area contributed by atoms with Gasteiger partial charge < -0.3 is 14.6 Å². The molecule has 7 nitrogen and oxygen atoms in total. The zero-order chi connectivity index (χ0) is 16.1. The van der Waals surface area contributed by atoms with Crippen LogP contribution in [0.15, 0.2) is 12.4 Å². The van der Waals surface area contributed by atoms with Gasteiger partial charge in [0.05, 0.1) is 13.1 Å². The first kappa shape index (κ1) is 16.4. The van der Waals surface area contributed by atoms with Crippen molar-refractivity contribution in [2.75, 3.05) is 45.9 Å². The highest BCUT2D eigenvalue weighted by Crippen LogP contribution is 2.08. The van der Waals surface area contributed by atoms with Crippen molar-refractivity contribution in [2.45, 2.75) is 25.4 Å². The van der Waals surface area contributed by atoms with Gasteiger partial charge in [0.15, 0.2) is 0 Å². The number of aryl methyl sites for hydroxylation is 1. The molecule has 2 fully saturated rings. The van der Waals surface area contributed by atoms with Gasteiger partial charge in [-0.2, -0.15) is 0 Å². The number of carbonyl (C=O) groups is 1. The van der Waals surface area contributed by atoms with Crippen LogP contribution in [0.2, 0.25) is 0 Å². The maximum absolute atomic E-state index is 12.1. The molecule has 2 aliphatic rings. The molecular formula is C16H27N5O2. The first-order valence-corrected chi connectivity index (χ1v) is 8.49. The largest absolute Gasteiger partial charge is 0.381 e. The SMILES string of the molecule is Cn1ccnc1CN1CCN(CC(=O)NC2CCOCC2)CC1. The zero-order valence-corrected chi connectivity index (χ0v) is 13.9. The van der Waals surface area contributed by atoms with E-state index in [1.54, 1.807) is 0 Å². The highest BCUT2D eigenvalue weighted by Gasteiger charge is 2.21. The summed E-state index contributed by atoms with van der Waals surface area (Å²) in [5.74, 6) is 1.24. The van der Waals surface area contributed by atoms with Gasteiger partial charge in [0.2, 0.25) is 5.91 Å². The molecule has 2 aliphatic heterocycles. The van der Waals surface area contributed by atoms with Gasteiger partial charge in [-0.25, -0.2) is 4.98 Å². The first-order chi connectivity index (χ1) is 11.2. The Balaban J connectivity index is 1.37. The van der Waals surface area contributed by atoms with Crippen LogP contribution in [0.1, 0.15) is 18.7 Å². The molecule has 0 unspecified atom stereocenters. The second-order valence-corrected chi connectivity index (χ2v) is 6.46. The van der Waals surface area contributed by atoms with Crippen LogP contribution in [-0.4, -0.2) is 77.2 Å². The van der Waals surface area contributed by atoms with E-state index in [0.717, 1.165) is 64.6 Å². The molecule has 23 heavy (non-hydrogen) atoms. The Morgan fingerprint density at radius 1 is 1.26 bits per heavy atom. The quantitative estimate of drug-likeness (QED) is 0.816. The van der Waals surface area contributed by atoms with Crippen molar-refractivity contribution in [1.29, 1.82) is 0 Å². The third-order valence-electron chi connectivity index (χ3n) is 4.70. The van der Waals surface area contributed by atoms with Gasteiger partial charge in [0.1, 0.15) is 5.82 Å². The molecule has 1 aromatic heterocycles. The summed E-state index contributed by atoms with van der Waals surface area (Å²) in [6.07, 6.45) is 5.69. The molecular weight excluding hydrogens is 294 g/mol. The molecule has 0 aromatic carbocycles. The lowest BCUT2D eigenvalue weighted by Gasteiger charge is -2.34. The third-order valence-corrected chi connectivity index (χ3v) is 4.70. The van der Waals surface area contributed by atoms with Gasteiger partial charge in [0.25, 0.3) is 0 Å². The minimum absolute atomic E-state index is 0.148. The Labute approximate surface area is 137 Å². The Morgan fingerprint density at radius 3 is 2.61 bits per heavy atom. The Morgan fingerprint density at radius 2 is 1.96 bits per heavy atom. The lowest BCUT2D eigenvalue weighted by Crippen LogP contribution is -2.50. The fourth-order valence-corrected chi connectivity index (χ4v) is 3.17. The van der Waals surface area contributed by atoms with Crippen LogP contribution in [0.25, 0.3) is 0 Å². The fourth-order valence-electron chi connectivity index (χ4n) is 3.17. The molecule has 0 spiro atoms. The predicted molar refractivity (Wildman–Crippen MR) is 86.9 cm³/mol. The van der Waals surface area contributed by atoms with Gasteiger partial charge in [-0.15, -0.1) is 0 Å². The van der Waals surface area contributed by atoms with Crippen molar-refractivity contribution in [1.82, 2.24) is 24.7 Å².